The number of carbonyl (C=O) groups is 1. The van der Waals surface area contributed by atoms with E-state index in [1.54, 1.807) is 0 Å². The van der Waals surface area contributed by atoms with Gasteiger partial charge in [-0.05, 0) is 42.0 Å². The second-order valence-electron chi connectivity index (χ2n) is 5.64. The summed E-state index contributed by atoms with van der Waals surface area (Å²) in [5.74, 6) is 0.0473. The third kappa shape index (κ3) is 3.51. The van der Waals surface area contributed by atoms with Gasteiger partial charge in [0.25, 0.3) is 0 Å². The van der Waals surface area contributed by atoms with Crippen LogP contribution >= 0.6 is 22.9 Å². The van der Waals surface area contributed by atoms with Gasteiger partial charge in [0.2, 0.25) is 5.91 Å². The molecular weight excluding hydrogens is 316 g/mol. The average molecular weight is 335 g/mol. The molecule has 5 heteroatoms. The molecule has 2 aromatic rings. The van der Waals surface area contributed by atoms with Crippen molar-refractivity contribution in [2.45, 2.75) is 25.9 Å². The number of benzene rings is 1. The minimum absolute atomic E-state index is 0.0473. The average Bonchev–Trinajstić information content (AvgIpc) is 2.95. The van der Waals surface area contributed by atoms with Crippen LogP contribution in [0.1, 0.15) is 29.0 Å². The number of hydrogen-bond donors (Lipinski definition) is 1. The number of carbonyl (C=O) groups excluding carboxylic acids is 1. The maximum absolute atomic E-state index is 12.3. The Morgan fingerprint density at radius 2 is 2.23 bits per heavy atom. The van der Waals surface area contributed by atoms with Crippen LogP contribution in [0.4, 0.5) is 0 Å². The van der Waals surface area contributed by atoms with E-state index in [4.69, 9.17) is 11.6 Å². The molecule has 0 saturated carbocycles. The van der Waals surface area contributed by atoms with E-state index in [1.165, 1.54) is 10.4 Å². The van der Waals surface area contributed by atoms with Crippen LogP contribution in [0.25, 0.3) is 0 Å². The molecule has 0 saturated heterocycles. The topological polar surface area (TPSA) is 32.3 Å². The molecule has 2 heterocycles. The fourth-order valence-electron chi connectivity index (χ4n) is 2.84. The van der Waals surface area contributed by atoms with Crippen molar-refractivity contribution in [2.24, 2.45) is 0 Å². The molecule has 0 bridgehead atoms. The SMILES string of the molecule is C[C@H](NC(=O)CN1CCc2sccc2C1)c1ccccc1Cl. The Morgan fingerprint density at radius 3 is 3.05 bits per heavy atom. The van der Waals surface area contributed by atoms with Gasteiger partial charge < -0.3 is 5.32 Å². The second kappa shape index (κ2) is 6.82. The number of nitrogens with one attached hydrogen (secondary N) is 1. The fourth-order valence-corrected chi connectivity index (χ4v) is 4.03. The number of hydrogen-bond acceptors (Lipinski definition) is 3. The lowest BCUT2D eigenvalue weighted by molar-refractivity contribution is -0.123. The van der Waals surface area contributed by atoms with Crippen LogP contribution < -0.4 is 5.32 Å². The van der Waals surface area contributed by atoms with Crippen LogP contribution in [0.5, 0.6) is 0 Å². The highest BCUT2D eigenvalue weighted by atomic mass is 35.5. The van der Waals surface area contributed by atoms with E-state index in [-0.39, 0.29) is 11.9 Å². The molecule has 0 radical (unpaired) electrons. The number of amides is 1. The first-order chi connectivity index (χ1) is 10.6. The first kappa shape index (κ1) is 15.5. The molecule has 1 aliphatic rings. The Hall–Kier alpha value is -1.36. The zero-order valence-corrected chi connectivity index (χ0v) is 14.1. The molecule has 1 aromatic heterocycles. The van der Waals surface area contributed by atoms with Crippen molar-refractivity contribution in [2.75, 3.05) is 13.1 Å². The first-order valence-corrected chi connectivity index (χ1v) is 8.70. The van der Waals surface area contributed by atoms with E-state index < -0.39 is 0 Å². The van der Waals surface area contributed by atoms with Crippen molar-refractivity contribution in [1.82, 2.24) is 10.2 Å². The van der Waals surface area contributed by atoms with Gasteiger partial charge in [-0.2, -0.15) is 0 Å². The van der Waals surface area contributed by atoms with Gasteiger partial charge >= 0.3 is 0 Å². The molecule has 116 valence electrons. The molecule has 22 heavy (non-hydrogen) atoms. The van der Waals surface area contributed by atoms with Crippen LogP contribution in [0.15, 0.2) is 35.7 Å². The van der Waals surface area contributed by atoms with Crippen LogP contribution in [0.2, 0.25) is 5.02 Å². The summed E-state index contributed by atoms with van der Waals surface area (Å²) in [5.41, 5.74) is 2.32. The minimum atomic E-state index is -0.0808. The quantitative estimate of drug-likeness (QED) is 0.925. The van der Waals surface area contributed by atoms with Gasteiger partial charge in [0, 0.05) is 23.0 Å². The molecule has 1 N–H and O–H groups in total. The van der Waals surface area contributed by atoms with Crippen LogP contribution in [-0.2, 0) is 17.8 Å². The van der Waals surface area contributed by atoms with Gasteiger partial charge in [-0.3, -0.25) is 9.69 Å². The summed E-state index contributed by atoms with van der Waals surface area (Å²) in [6.45, 7) is 4.21. The van der Waals surface area contributed by atoms with E-state index >= 15 is 0 Å². The smallest absolute Gasteiger partial charge is 0.234 e. The maximum atomic E-state index is 12.3. The molecular formula is C17H19ClN2OS. The molecule has 1 aliphatic heterocycles. The Kier molecular flexibility index (Phi) is 4.81. The van der Waals surface area contributed by atoms with Crippen LogP contribution in [-0.4, -0.2) is 23.9 Å². The van der Waals surface area contributed by atoms with E-state index in [1.807, 2.05) is 42.5 Å². The lowest BCUT2D eigenvalue weighted by Crippen LogP contribution is -2.40. The summed E-state index contributed by atoms with van der Waals surface area (Å²) in [4.78, 5) is 15.9. The van der Waals surface area contributed by atoms with Crippen molar-refractivity contribution in [3.05, 3.63) is 56.7 Å². The molecule has 1 amide bonds. The monoisotopic (exact) mass is 334 g/mol. The van der Waals surface area contributed by atoms with E-state index in [9.17, 15) is 4.79 Å². The van der Waals surface area contributed by atoms with E-state index in [0.29, 0.717) is 11.6 Å². The number of fused-ring (bicyclic) bond motifs is 1. The summed E-state index contributed by atoms with van der Waals surface area (Å²) >= 11 is 7.99. The van der Waals surface area contributed by atoms with Crippen LogP contribution in [0.3, 0.4) is 0 Å². The number of halogens is 1. The summed E-state index contributed by atoms with van der Waals surface area (Å²) < 4.78 is 0. The summed E-state index contributed by atoms with van der Waals surface area (Å²) in [7, 11) is 0. The molecule has 1 aromatic carbocycles. The van der Waals surface area contributed by atoms with Gasteiger partial charge in [-0.15, -0.1) is 11.3 Å². The zero-order chi connectivity index (χ0) is 15.5. The summed E-state index contributed by atoms with van der Waals surface area (Å²) in [5, 5.41) is 5.86. The third-order valence-corrected chi connectivity index (χ3v) is 5.37. The lowest BCUT2D eigenvalue weighted by atomic mass is 10.1. The zero-order valence-electron chi connectivity index (χ0n) is 12.5. The standard InChI is InChI=1S/C17H19ClN2OS/c1-12(14-4-2-3-5-15(14)18)19-17(21)11-20-8-6-16-13(10-20)7-9-22-16/h2-5,7,9,12H,6,8,10-11H2,1H3,(H,19,21)/t12-/m0/s1. The number of thiophene rings is 1. The highest BCUT2D eigenvalue weighted by Gasteiger charge is 2.20. The molecule has 3 nitrogen and oxygen atoms in total. The third-order valence-electron chi connectivity index (χ3n) is 4.00. The van der Waals surface area contributed by atoms with Crippen molar-refractivity contribution >= 4 is 28.8 Å². The van der Waals surface area contributed by atoms with Gasteiger partial charge in [0.1, 0.15) is 0 Å². The van der Waals surface area contributed by atoms with Gasteiger partial charge in [0.05, 0.1) is 12.6 Å². The molecule has 1 atom stereocenters. The number of rotatable bonds is 4. The molecule has 0 spiro atoms. The Morgan fingerprint density at radius 1 is 1.41 bits per heavy atom. The van der Waals surface area contributed by atoms with Crippen molar-refractivity contribution in [3.63, 3.8) is 0 Å². The number of nitrogens with zero attached hydrogens (tertiary/aromatic N) is 1. The van der Waals surface area contributed by atoms with Gasteiger partial charge in [-0.1, -0.05) is 29.8 Å². The van der Waals surface area contributed by atoms with Gasteiger partial charge in [0.15, 0.2) is 0 Å². The van der Waals surface area contributed by atoms with Crippen molar-refractivity contribution < 1.29 is 4.79 Å². The summed E-state index contributed by atoms with van der Waals surface area (Å²) in [6.07, 6.45) is 1.04. The molecule has 0 aliphatic carbocycles. The summed E-state index contributed by atoms with van der Waals surface area (Å²) in [6, 6.07) is 9.71. The highest BCUT2D eigenvalue weighted by Crippen LogP contribution is 2.24. The minimum Gasteiger partial charge on any atom is -0.348 e. The van der Waals surface area contributed by atoms with Crippen LogP contribution in [0, 0.1) is 0 Å². The van der Waals surface area contributed by atoms with Crippen molar-refractivity contribution in [3.8, 4) is 0 Å². The Balaban J connectivity index is 1.56. The molecule has 0 unspecified atom stereocenters. The van der Waals surface area contributed by atoms with E-state index in [0.717, 1.165) is 25.1 Å². The maximum Gasteiger partial charge on any atom is 0.234 e. The first-order valence-electron chi connectivity index (χ1n) is 7.45. The lowest BCUT2D eigenvalue weighted by Gasteiger charge is -2.27. The highest BCUT2D eigenvalue weighted by molar-refractivity contribution is 7.10. The Labute approximate surface area is 139 Å². The normalized spacial score (nSPS) is 16.1. The predicted octanol–water partition coefficient (Wildman–Crippen LogP) is 3.64. The second-order valence-corrected chi connectivity index (χ2v) is 7.05. The van der Waals surface area contributed by atoms with Gasteiger partial charge in [-0.25, -0.2) is 0 Å². The predicted molar refractivity (Wildman–Crippen MR) is 91.3 cm³/mol. The molecule has 0 fully saturated rings. The fraction of sp³-hybridized carbons (Fsp3) is 0.353. The van der Waals surface area contributed by atoms with E-state index in [2.05, 4.69) is 21.7 Å². The largest absolute Gasteiger partial charge is 0.348 e. The Bertz CT molecular complexity index is 670. The van der Waals surface area contributed by atoms with Crippen molar-refractivity contribution in [1.29, 1.82) is 0 Å². The molecule has 3 rings (SSSR count).